The fourth-order valence-electron chi connectivity index (χ4n) is 2.34. The van der Waals surface area contributed by atoms with Gasteiger partial charge in [0.25, 0.3) is 10.0 Å². The molecule has 0 aliphatic carbocycles. The van der Waals surface area contributed by atoms with Crippen LogP contribution in [-0.2, 0) is 10.0 Å². The molecule has 0 saturated carbocycles. The molecule has 5 nitrogen and oxygen atoms in total. The zero-order valence-electron chi connectivity index (χ0n) is 14.6. The predicted octanol–water partition coefficient (Wildman–Crippen LogP) is 6.26. The summed E-state index contributed by atoms with van der Waals surface area (Å²) in [6, 6.07) is 17.8. The first-order valence-corrected chi connectivity index (χ1v) is 11.2. The van der Waals surface area contributed by atoms with Gasteiger partial charge in [-0.05, 0) is 66.8 Å². The van der Waals surface area contributed by atoms with Crippen LogP contribution in [-0.4, -0.2) is 13.5 Å². The summed E-state index contributed by atoms with van der Waals surface area (Å²) < 4.78 is 27.6. The normalized spacial score (nSPS) is 11.0. The molecular weight excluding hydrogens is 473 g/mol. The highest BCUT2D eigenvalue weighted by molar-refractivity contribution is 7.92. The van der Waals surface area contributed by atoms with Crippen molar-refractivity contribution in [3.05, 3.63) is 81.8 Å². The number of anilines is 3. The van der Waals surface area contributed by atoms with Crippen molar-refractivity contribution in [3.63, 3.8) is 0 Å². The lowest BCUT2D eigenvalue weighted by molar-refractivity contribution is 0.601. The van der Waals surface area contributed by atoms with Crippen molar-refractivity contribution in [1.29, 1.82) is 0 Å². The number of sulfonamides is 1. The fraction of sp³-hybridized carbons (Fsp3) is 0. The lowest BCUT2D eigenvalue weighted by Gasteiger charge is -2.13. The maximum Gasteiger partial charge on any atom is 0.261 e. The van der Waals surface area contributed by atoms with Gasteiger partial charge < -0.3 is 10.6 Å². The second kappa shape index (κ2) is 9.19. The Balaban J connectivity index is 1.68. The molecule has 0 atom stereocenters. The van der Waals surface area contributed by atoms with Crippen LogP contribution in [0.5, 0.6) is 0 Å². The summed E-state index contributed by atoms with van der Waals surface area (Å²) in [6.07, 6.45) is 0. The second-order valence-corrected chi connectivity index (χ2v) is 9.13. The summed E-state index contributed by atoms with van der Waals surface area (Å²) in [5.41, 5.74) is 1.59. The van der Waals surface area contributed by atoms with Crippen molar-refractivity contribution in [3.8, 4) is 0 Å². The molecule has 0 fully saturated rings. The van der Waals surface area contributed by atoms with Crippen LogP contribution in [0, 0.1) is 0 Å². The van der Waals surface area contributed by atoms with Crippen LogP contribution in [0.2, 0.25) is 15.1 Å². The van der Waals surface area contributed by atoms with Gasteiger partial charge in [-0.15, -0.1) is 0 Å². The lowest BCUT2D eigenvalue weighted by atomic mass is 10.3. The van der Waals surface area contributed by atoms with Crippen LogP contribution in [0.4, 0.5) is 17.1 Å². The first-order valence-electron chi connectivity index (χ1n) is 8.15. The Morgan fingerprint density at radius 1 is 0.759 bits per heavy atom. The zero-order chi connectivity index (χ0) is 21.0. The van der Waals surface area contributed by atoms with Crippen molar-refractivity contribution in [2.75, 3.05) is 15.4 Å². The molecule has 0 aromatic heterocycles. The number of nitrogens with one attached hydrogen (secondary N) is 3. The van der Waals surface area contributed by atoms with E-state index in [0.29, 0.717) is 32.2 Å². The maximum atomic E-state index is 12.5. The van der Waals surface area contributed by atoms with Crippen LogP contribution in [0.3, 0.4) is 0 Å². The first kappa shape index (κ1) is 21.7. The van der Waals surface area contributed by atoms with E-state index in [1.807, 2.05) is 12.1 Å². The molecule has 3 rings (SSSR count). The molecule has 0 heterocycles. The van der Waals surface area contributed by atoms with Gasteiger partial charge in [0, 0.05) is 5.69 Å². The number of halogens is 3. The summed E-state index contributed by atoms with van der Waals surface area (Å²) in [5, 5.41) is 7.40. The molecule has 0 bridgehead atoms. The molecule has 150 valence electrons. The number of hydrogen-bond acceptors (Lipinski definition) is 3. The maximum absolute atomic E-state index is 12.5. The number of para-hydroxylation sites is 1. The Morgan fingerprint density at radius 2 is 1.41 bits per heavy atom. The van der Waals surface area contributed by atoms with Gasteiger partial charge in [0.05, 0.1) is 31.3 Å². The molecule has 0 unspecified atom stereocenters. The monoisotopic (exact) mass is 485 g/mol. The third kappa shape index (κ3) is 5.74. The SMILES string of the molecule is O=S(=O)(Nc1ccc(Cl)c(Cl)c1)c1ccc(NC(=S)Nc2ccccc2Cl)cc1. The number of benzene rings is 3. The molecule has 0 radical (unpaired) electrons. The zero-order valence-corrected chi connectivity index (χ0v) is 18.5. The Kier molecular flexibility index (Phi) is 6.87. The van der Waals surface area contributed by atoms with E-state index >= 15 is 0 Å². The number of hydrogen-bond donors (Lipinski definition) is 3. The van der Waals surface area contributed by atoms with E-state index in [9.17, 15) is 8.42 Å². The van der Waals surface area contributed by atoms with Gasteiger partial charge in [-0.1, -0.05) is 46.9 Å². The Hall–Kier alpha value is -2.03. The van der Waals surface area contributed by atoms with Crippen LogP contribution < -0.4 is 15.4 Å². The highest BCUT2D eigenvalue weighted by Crippen LogP contribution is 2.27. The smallest absolute Gasteiger partial charge is 0.261 e. The van der Waals surface area contributed by atoms with Gasteiger partial charge in [0.15, 0.2) is 5.11 Å². The van der Waals surface area contributed by atoms with Gasteiger partial charge in [-0.25, -0.2) is 8.42 Å². The third-order valence-electron chi connectivity index (χ3n) is 3.72. The molecule has 0 aliphatic rings. The molecule has 3 aromatic rings. The van der Waals surface area contributed by atoms with Crippen molar-refractivity contribution < 1.29 is 8.42 Å². The van der Waals surface area contributed by atoms with Gasteiger partial charge in [-0.3, -0.25) is 4.72 Å². The molecule has 10 heteroatoms. The van der Waals surface area contributed by atoms with Crippen LogP contribution in [0.1, 0.15) is 0 Å². The highest BCUT2D eigenvalue weighted by Gasteiger charge is 2.15. The van der Waals surface area contributed by atoms with E-state index in [1.54, 1.807) is 24.3 Å². The van der Waals surface area contributed by atoms with E-state index in [4.69, 9.17) is 47.0 Å². The van der Waals surface area contributed by atoms with Crippen molar-refractivity contribution in [2.24, 2.45) is 0 Å². The van der Waals surface area contributed by atoms with Crippen molar-refractivity contribution in [1.82, 2.24) is 0 Å². The number of thiocarbonyl (C=S) groups is 1. The fourth-order valence-corrected chi connectivity index (χ4v) is 4.10. The van der Waals surface area contributed by atoms with Crippen molar-refractivity contribution >= 4 is 79.2 Å². The summed E-state index contributed by atoms with van der Waals surface area (Å²) in [4.78, 5) is 0.0825. The van der Waals surface area contributed by atoms with E-state index < -0.39 is 10.0 Å². The molecule has 0 amide bonds. The molecular formula is C19H14Cl3N3O2S2. The Bertz CT molecular complexity index is 1150. The lowest BCUT2D eigenvalue weighted by Crippen LogP contribution is -2.19. The third-order valence-corrected chi connectivity index (χ3v) is 6.39. The highest BCUT2D eigenvalue weighted by atomic mass is 35.5. The van der Waals surface area contributed by atoms with Crippen LogP contribution >= 0.6 is 47.0 Å². The minimum Gasteiger partial charge on any atom is -0.332 e. The van der Waals surface area contributed by atoms with Crippen LogP contribution in [0.25, 0.3) is 0 Å². The van der Waals surface area contributed by atoms with E-state index in [2.05, 4.69) is 15.4 Å². The van der Waals surface area contributed by atoms with Gasteiger partial charge in [-0.2, -0.15) is 0 Å². The standard InChI is InChI=1S/C19H14Cl3N3O2S2/c20-15-10-7-13(11-17(15)22)25-29(26,27)14-8-5-12(6-9-14)23-19(28)24-18-4-2-1-3-16(18)21/h1-11,25H,(H2,23,24,28). The molecule has 0 aliphatic heterocycles. The minimum absolute atomic E-state index is 0.0825. The largest absolute Gasteiger partial charge is 0.332 e. The minimum atomic E-state index is -3.79. The van der Waals surface area contributed by atoms with Gasteiger partial charge in [0.1, 0.15) is 0 Å². The van der Waals surface area contributed by atoms with E-state index in [0.717, 1.165) is 0 Å². The Labute approximate surface area is 189 Å². The average molecular weight is 487 g/mol. The molecule has 0 saturated heterocycles. The molecule has 29 heavy (non-hydrogen) atoms. The van der Waals surface area contributed by atoms with Gasteiger partial charge in [0.2, 0.25) is 0 Å². The number of rotatable bonds is 5. The summed E-state index contributed by atoms with van der Waals surface area (Å²) in [5.74, 6) is 0. The topological polar surface area (TPSA) is 70.2 Å². The van der Waals surface area contributed by atoms with E-state index in [1.165, 1.54) is 30.3 Å². The summed E-state index contributed by atoms with van der Waals surface area (Å²) in [7, 11) is -3.79. The average Bonchev–Trinajstić information content (AvgIpc) is 2.67. The molecule has 3 aromatic carbocycles. The molecule has 3 N–H and O–H groups in total. The Morgan fingerprint density at radius 3 is 2.07 bits per heavy atom. The quantitative estimate of drug-likeness (QED) is 0.371. The first-order chi connectivity index (χ1) is 13.7. The van der Waals surface area contributed by atoms with Gasteiger partial charge >= 0.3 is 0 Å². The van der Waals surface area contributed by atoms with E-state index in [-0.39, 0.29) is 9.92 Å². The summed E-state index contributed by atoms with van der Waals surface area (Å²) in [6.45, 7) is 0. The van der Waals surface area contributed by atoms with Crippen molar-refractivity contribution in [2.45, 2.75) is 4.90 Å². The predicted molar refractivity (Wildman–Crippen MR) is 125 cm³/mol. The second-order valence-electron chi connectivity index (χ2n) is 5.82. The molecule has 0 spiro atoms. The van der Waals surface area contributed by atoms with Crippen LogP contribution in [0.15, 0.2) is 71.6 Å². The summed E-state index contributed by atoms with van der Waals surface area (Å²) >= 11 is 23.1.